The lowest BCUT2D eigenvalue weighted by atomic mass is 10.0. The molecule has 0 saturated heterocycles. The summed E-state index contributed by atoms with van der Waals surface area (Å²) in [6, 6.07) is 18.7. The fourth-order valence-corrected chi connectivity index (χ4v) is 4.73. The molecule has 182 valence electrons. The molecule has 36 heavy (non-hydrogen) atoms. The minimum absolute atomic E-state index is 0.580. The van der Waals surface area contributed by atoms with Gasteiger partial charge in [0.25, 0.3) is 0 Å². The number of benzene rings is 3. The van der Waals surface area contributed by atoms with Crippen molar-refractivity contribution in [1.29, 1.82) is 0 Å². The van der Waals surface area contributed by atoms with Gasteiger partial charge in [-0.3, -0.25) is 0 Å². The maximum absolute atomic E-state index is 6.16. The molecular formula is C28H28N6O2. The standard InChI is InChI=1S/C28H28N6O2/c1-33(2)16-27-31-24-14-21(35-3)6-7-22(24)28(32-27)34-10-11-36-26-9-5-18(12-20(26)15-34)19-4-8-23-25(13-19)30-17-29-23/h4-9,12-14,17H,10-11,15-16H2,1-3H3,(H,29,30). The van der Waals surface area contributed by atoms with Crippen LogP contribution in [-0.4, -0.2) is 59.2 Å². The van der Waals surface area contributed by atoms with Crippen LogP contribution in [0.1, 0.15) is 11.4 Å². The monoisotopic (exact) mass is 480 g/mol. The molecule has 0 unspecified atom stereocenters. The lowest BCUT2D eigenvalue weighted by Gasteiger charge is -2.24. The van der Waals surface area contributed by atoms with Crippen LogP contribution in [-0.2, 0) is 13.1 Å². The molecule has 0 amide bonds. The second-order valence-electron chi connectivity index (χ2n) is 9.31. The molecule has 2 aromatic heterocycles. The number of methoxy groups -OCH3 is 1. The first-order valence-corrected chi connectivity index (χ1v) is 12.0. The van der Waals surface area contributed by atoms with Gasteiger partial charge in [-0.15, -0.1) is 0 Å². The molecule has 0 atom stereocenters. The summed E-state index contributed by atoms with van der Waals surface area (Å²) in [4.78, 5) is 21.7. The summed E-state index contributed by atoms with van der Waals surface area (Å²) in [5.41, 5.74) is 6.27. The Kier molecular flexibility index (Phi) is 5.65. The van der Waals surface area contributed by atoms with Crippen LogP contribution in [0.15, 0.2) is 60.9 Å². The summed E-state index contributed by atoms with van der Waals surface area (Å²) in [7, 11) is 5.72. The van der Waals surface area contributed by atoms with Crippen molar-refractivity contribution in [1.82, 2.24) is 24.8 Å². The van der Waals surface area contributed by atoms with Crippen LogP contribution in [0.3, 0.4) is 0 Å². The Labute approximate surface area is 209 Å². The number of nitrogens with one attached hydrogen (secondary N) is 1. The highest BCUT2D eigenvalue weighted by Gasteiger charge is 2.21. The SMILES string of the molecule is COc1ccc2c(N3CCOc4ccc(-c5ccc6nc[nH]c6c5)cc4C3)nc(CN(C)C)nc2c1. The number of nitrogens with zero attached hydrogens (tertiary/aromatic N) is 5. The van der Waals surface area contributed by atoms with E-state index < -0.39 is 0 Å². The quantitative estimate of drug-likeness (QED) is 0.392. The topological polar surface area (TPSA) is 79.4 Å². The number of fused-ring (bicyclic) bond motifs is 3. The molecule has 0 spiro atoms. The van der Waals surface area contributed by atoms with E-state index in [1.54, 1.807) is 13.4 Å². The molecule has 1 aliphatic heterocycles. The Morgan fingerprint density at radius 2 is 1.86 bits per heavy atom. The van der Waals surface area contributed by atoms with Gasteiger partial charge in [0.1, 0.15) is 29.7 Å². The van der Waals surface area contributed by atoms with Crippen LogP contribution >= 0.6 is 0 Å². The molecule has 0 aliphatic carbocycles. The van der Waals surface area contributed by atoms with Gasteiger partial charge in [-0.25, -0.2) is 15.0 Å². The van der Waals surface area contributed by atoms with Crippen molar-refractivity contribution in [3.8, 4) is 22.6 Å². The molecule has 3 heterocycles. The summed E-state index contributed by atoms with van der Waals surface area (Å²) in [5.74, 6) is 3.40. The zero-order valence-corrected chi connectivity index (χ0v) is 20.7. The van der Waals surface area contributed by atoms with Crippen molar-refractivity contribution in [2.75, 3.05) is 39.3 Å². The van der Waals surface area contributed by atoms with E-state index >= 15 is 0 Å². The summed E-state index contributed by atoms with van der Waals surface area (Å²) >= 11 is 0. The van der Waals surface area contributed by atoms with Crippen LogP contribution in [0, 0.1) is 0 Å². The van der Waals surface area contributed by atoms with Crippen LogP contribution in [0.4, 0.5) is 5.82 Å². The molecular weight excluding hydrogens is 452 g/mol. The minimum atomic E-state index is 0.580. The zero-order chi connectivity index (χ0) is 24.6. The third kappa shape index (κ3) is 4.20. The molecule has 1 N–H and O–H groups in total. The molecule has 1 aliphatic rings. The van der Waals surface area contributed by atoms with Crippen molar-refractivity contribution < 1.29 is 9.47 Å². The van der Waals surface area contributed by atoms with Gasteiger partial charge in [-0.1, -0.05) is 12.1 Å². The predicted molar refractivity (Wildman–Crippen MR) is 142 cm³/mol. The van der Waals surface area contributed by atoms with Crippen LogP contribution in [0.25, 0.3) is 33.1 Å². The third-order valence-corrected chi connectivity index (χ3v) is 6.48. The number of imidazole rings is 1. The molecule has 0 saturated carbocycles. The molecule has 8 nitrogen and oxygen atoms in total. The van der Waals surface area contributed by atoms with Crippen molar-refractivity contribution in [3.05, 3.63) is 72.3 Å². The van der Waals surface area contributed by atoms with Crippen molar-refractivity contribution in [2.45, 2.75) is 13.1 Å². The maximum Gasteiger partial charge on any atom is 0.145 e. The number of H-pyrrole nitrogens is 1. The van der Waals surface area contributed by atoms with Gasteiger partial charge < -0.3 is 24.3 Å². The number of aromatic nitrogens is 4. The average molecular weight is 481 g/mol. The first kappa shape index (κ1) is 22.3. The number of ether oxygens (including phenoxy) is 2. The van der Waals surface area contributed by atoms with Gasteiger partial charge in [0.15, 0.2) is 0 Å². The van der Waals surface area contributed by atoms with E-state index in [0.29, 0.717) is 19.7 Å². The molecule has 8 heteroatoms. The molecule has 0 bridgehead atoms. The smallest absolute Gasteiger partial charge is 0.145 e. The highest BCUT2D eigenvalue weighted by molar-refractivity contribution is 5.90. The number of hydrogen-bond donors (Lipinski definition) is 1. The summed E-state index contributed by atoms with van der Waals surface area (Å²) in [6.07, 6.45) is 1.73. The van der Waals surface area contributed by atoms with Crippen molar-refractivity contribution in [3.63, 3.8) is 0 Å². The molecule has 5 aromatic rings. The third-order valence-electron chi connectivity index (χ3n) is 6.48. The van der Waals surface area contributed by atoms with Gasteiger partial charge in [-0.2, -0.15) is 0 Å². The Balaban J connectivity index is 1.41. The largest absolute Gasteiger partial charge is 0.497 e. The lowest BCUT2D eigenvalue weighted by Crippen LogP contribution is -2.27. The van der Waals surface area contributed by atoms with E-state index in [1.807, 2.05) is 38.4 Å². The van der Waals surface area contributed by atoms with Gasteiger partial charge in [0, 0.05) is 23.6 Å². The van der Waals surface area contributed by atoms with Gasteiger partial charge >= 0.3 is 0 Å². The molecule has 0 fully saturated rings. The fourth-order valence-electron chi connectivity index (χ4n) is 4.73. The highest BCUT2D eigenvalue weighted by Crippen LogP contribution is 2.34. The second kappa shape index (κ2) is 9.13. The Morgan fingerprint density at radius 3 is 2.72 bits per heavy atom. The van der Waals surface area contributed by atoms with Crippen molar-refractivity contribution in [2.24, 2.45) is 0 Å². The zero-order valence-electron chi connectivity index (χ0n) is 20.7. The Hall–Kier alpha value is -4.17. The number of aromatic amines is 1. The fraction of sp³-hybridized carbons (Fsp3) is 0.250. The summed E-state index contributed by atoms with van der Waals surface area (Å²) in [5, 5.41) is 1.00. The van der Waals surface area contributed by atoms with E-state index in [1.165, 1.54) is 0 Å². The van der Waals surface area contributed by atoms with E-state index in [2.05, 4.69) is 50.1 Å². The molecule has 0 radical (unpaired) electrons. The van der Waals surface area contributed by atoms with Crippen molar-refractivity contribution >= 4 is 27.8 Å². The minimum Gasteiger partial charge on any atom is -0.497 e. The summed E-state index contributed by atoms with van der Waals surface area (Å²) in [6.45, 7) is 2.65. The Bertz CT molecular complexity index is 1560. The number of anilines is 1. The number of rotatable bonds is 5. The first-order chi connectivity index (χ1) is 17.6. The van der Waals surface area contributed by atoms with Crippen LogP contribution in [0.2, 0.25) is 0 Å². The van der Waals surface area contributed by atoms with Crippen LogP contribution < -0.4 is 14.4 Å². The maximum atomic E-state index is 6.16. The van der Waals surface area contributed by atoms with Gasteiger partial charge in [0.2, 0.25) is 0 Å². The van der Waals surface area contributed by atoms with E-state index in [9.17, 15) is 0 Å². The van der Waals surface area contributed by atoms with Gasteiger partial charge in [0.05, 0.1) is 43.1 Å². The van der Waals surface area contributed by atoms with Gasteiger partial charge in [-0.05, 0) is 61.6 Å². The first-order valence-electron chi connectivity index (χ1n) is 12.0. The molecule has 6 rings (SSSR count). The van der Waals surface area contributed by atoms with E-state index in [0.717, 1.165) is 68.3 Å². The second-order valence-corrected chi connectivity index (χ2v) is 9.31. The lowest BCUT2D eigenvalue weighted by molar-refractivity contribution is 0.331. The van der Waals surface area contributed by atoms with E-state index in [-0.39, 0.29) is 0 Å². The highest BCUT2D eigenvalue weighted by atomic mass is 16.5. The number of hydrogen-bond acceptors (Lipinski definition) is 7. The van der Waals surface area contributed by atoms with Crippen LogP contribution in [0.5, 0.6) is 11.5 Å². The Morgan fingerprint density at radius 1 is 1.00 bits per heavy atom. The summed E-state index contributed by atoms with van der Waals surface area (Å²) < 4.78 is 11.6. The predicted octanol–water partition coefficient (Wildman–Crippen LogP) is 4.64. The van der Waals surface area contributed by atoms with E-state index in [4.69, 9.17) is 19.4 Å². The average Bonchev–Trinajstić information content (AvgIpc) is 3.25. The normalized spacial score (nSPS) is 13.6. The molecule has 3 aromatic carbocycles.